The topological polar surface area (TPSA) is 38.9 Å². The minimum absolute atomic E-state index is 0.0328. The molecule has 0 aliphatic carbocycles. The summed E-state index contributed by atoms with van der Waals surface area (Å²) in [5.74, 6) is 0.946. The summed E-state index contributed by atoms with van der Waals surface area (Å²) in [6.07, 6.45) is 0. The highest BCUT2D eigenvalue weighted by atomic mass is 14.7. The summed E-state index contributed by atoms with van der Waals surface area (Å²) in [6, 6.07) is 8.75. The van der Waals surface area contributed by atoms with Crippen molar-refractivity contribution in [1.29, 1.82) is 0 Å². The molecule has 0 aliphatic heterocycles. The second-order valence-corrected chi connectivity index (χ2v) is 6.01. The summed E-state index contributed by atoms with van der Waals surface area (Å²) in [4.78, 5) is 4.76. The second kappa shape index (κ2) is 5.30. The summed E-state index contributed by atoms with van der Waals surface area (Å²) in [5, 5.41) is 1.20. The van der Waals surface area contributed by atoms with Crippen molar-refractivity contribution in [2.45, 2.75) is 52.5 Å². The highest BCUT2D eigenvalue weighted by Crippen LogP contribution is 2.28. The molecule has 2 rings (SSSR count). The molecular weight excluding hydrogens is 232 g/mol. The van der Waals surface area contributed by atoms with E-state index in [0.29, 0.717) is 11.8 Å². The van der Waals surface area contributed by atoms with Crippen LogP contribution in [0.5, 0.6) is 0 Å². The van der Waals surface area contributed by atoms with Gasteiger partial charge in [-0.05, 0) is 48.1 Å². The number of fused-ring (bicyclic) bond motifs is 1. The Morgan fingerprint density at radius 3 is 2.16 bits per heavy atom. The van der Waals surface area contributed by atoms with Crippen LogP contribution in [0.4, 0.5) is 0 Å². The Balaban J connectivity index is 2.72. The third kappa shape index (κ3) is 2.79. The lowest BCUT2D eigenvalue weighted by Gasteiger charge is -2.16. The second-order valence-electron chi connectivity index (χ2n) is 6.01. The predicted octanol–water partition coefficient (Wildman–Crippen LogP) is 4.50. The Morgan fingerprint density at radius 1 is 0.947 bits per heavy atom. The van der Waals surface area contributed by atoms with Gasteiger partial charge in [0.25, 0.3) is 0 Å². The maximum atomic E-state index is 6.15. The van der Waals surface area contributed by atoms with Gasteiger partial charge >= 0.3 is 0 Å². The van der Waals surface area contributed by atoms with Gasteiger partial charge in [0.1, 0.15) is 0 Å². The molecule has 0 bridgehead atoms. The Morgan fingerprint density at radius 2 is 1.63 bits per heavy atom. The zero-order valence-electron chi connectivity index (χ0n) is 12.6. The normalized spacial score (nSPS) is 13.5. The van der Waals surface area contributed by atoms with Gasteiger partial charge in [0.2, 0.25) is 0 Å². The molecule has 0 aliphatic rings. The first-order chi connectivity index (χ1) is 8.90. The van der Waals surface area contributed by atoms with Gasteiger partial charge < -0.3 is 5.73 Å². The Hall–Kier alpha value is -1.41. The fourth-order valence-corrected chi connectivity index (χ4v) is 2.32. The number of hydrogen-bond donors (Lipinski definition) is 1. The third-order valence-electron chi connectivity index (χ3n) is 3.63. The summed E-state index contributed by atoms with van der Waals surface area (Å²) >= 11 is 0. The van der Waals surface area contributed by atoms with Crippen LogP contribution in [0.3, 0.4) is 0 Å². The maximum Gasteiger partial charge on any atom is 0.0708 e. The van der Waals surface area contributed by atoms with Crippen molar-refractivity contribution >= 4 is 10.9 Å². The van der Waals surface area contributed by atoms with E-state index in [9.17, 15) is 0 Å². The molecule has 0 saturated carbocycles. The number of hydrogen-bond acceptors (Lipinski definition) is 2. The Bertz CT molecular complexity index is 583. The quantitative estimate of drug-likeness (QED) is 0.878. The Labute approximate surface area is 116 Å². The van der Waals surface area contributed by atoms with Gasteiger partial charge in [0, 0.05) is 17.1 Å². The van der Waals surface area contributed by atoms with E-state index in [1.54, 1.807) is 0 Å². The molecule has 0 spiro atoms. The molecular formula is C17H24N2. The van der Waals surface area contributed by atoms with E-state index >= 15 is 0 Å². The monoisotopic (exact) mass is 256 g/mol. The lowest BCUT2D eigenvalue weighted by atomic mass is 9.95. The highest BCUT2D eigenvalue weighted by molar-refractivity contribution is 5.83. The summed E-state index contributed by atoms with van der Waals surface area (Å²) in [5.41, 5.74) is 10.9. The minimum Gasteiger partial charge on any atom is -0.324 e. The molecule has 2 N–H and O–H groups in total. The zero-order chi connectivity index (χ0) is 14.2. The average molecular weight is 256 g/mol. The van der Waals surface area contributed by atoms with E-state index in [1.807, 2.05) is 6.92 Å². The fraction of sp³-hybridized carbons (Fsp3) is 0.471. The van der Waals surface area contributed by atoms with Crippen LogP contribution in [-0.2, 0) is 0 Å². The van der Waals surface area contributed by atoms with Crippen molar-refractivity contribution in [1.82, 2.24) is 4.98 Å². The van der Waals surface area contributed by atoms with Crippen molar-refractivity contribution in [2.75, 3.05) is 0 Å². The SMILES string of the molecule is CC(C)c1ccc2nc(C(C)C)cc(C(C)N)c2c1. The fourth-order valence-electron chi connectivity index (χ4n) is 2.32. The highest BCUT2D eigenvalue weighted by Gasteiger charge is 2.12. The molecule has 0 radical (unpaired) electrons. The van der Waals surface area contributed by atoms with Crippen LogP contribution >= 0.6 is 0 Å². The van der Waals surface area contributed by atoms with Crippen molar-refractivity contribution in [3.63, 3.8) is 0 Å². The minimum atomic E-state index is 0.0328. The van der Waals surface area contributed by atoms with E-state index in [4.69, 9.17) is 10.7 Å². The molecule has 102 valence electrons. The first-order valence-corrected chi connectivity index (χ1v) is 7.10. The predicted molar refractivity (Wildman–Crippen MR) is 82.5 cm³/mol. The smallest absolute Gasteiger partial charge is 0.0708 e. The molecule has 1 aromatic heterocycles. The van der Waals surface area contributed by atoms with Gasteiger partial charge in [-0.25, -0.2) is 0 Å². The van der Waals surface area contributed by atoms with Gasteiger partial charge in [-0.2, -0.15) is 0 Å². The number of aromatic nitrogens is 1. The van der Waals surface area contributed by atoms with Crippen molar-refractivity contribution < 1.29 is 0 Å². The van der Waals surface area contributed by atoms with Crippen LogP contribution in [0, 0.1) is 0 Å². The molecule has 19 heavy (non-hydrogen) atoms. The standard InChI is InChI=1S/C17H24N2/c1-10(2)13-6-7-16-15(8-13)14(12(5)18)9-17(19-16)11(3)4/h6-12H,18H2,1-5H3. The lowest BCUT2D eigenvalue weighted by Crippen LogP contribution is -2.08. The number of benzene rings is 1. The molecule has 0 saturated heterocycles. The zero-order valence-corrected chi connectivity index (χ0v) is 12.6. The number of nitrogens with two attached hydrogens (primary N) is 1. The largest absolute Gasteiger partial charge is 0.324 e. The maximum absolute atomic E-state index is 6.15. The van der Waals surface area contributed by atoms with Crippen molar-refractivity contribution in [3.8, 4) is 0 Å². The van der Waals surface area contributed by atoms with E-state index in [0.717, 1.165) is 11.2 Å². The lowest BCUT2D eigenvalue weighted by molar-refractivity contribution is 0.793. The summed E-state index contributed by atoms with van der Waals surface area (Å²) in [6.45, 7) is 10.8. The van der Waals surface area contributed by atoms with Gasteiger partial charge in [-0.1, -0.05) is 33.8 Å². The van der Waals surface area contributed by atoms with Crippen LogP contribution in [0.25, 0.3) is 10.9 Å². The molecule has 0 fully saturated rings. The van der Waals surface area contributed by atoms with Crippen molar-refractivity contribution in [2.24, 2.45) is 5.73 Å². The number of pyridine rings is 1. The van der Waals surface area contributed by atoms with Crippen LogP contribution in [0.2, 0.25) is 0 Å². The molecule has 1 heterocycles. The molecule has 1 atom stereocenters. The van der Waals surface area contributed by atoms with E-state index in [-0.39, 0.29) is 6.04 Å². The molecule has 0 amide bonds. The van der Waals surface area contributed by atoms with Gasteiger partial charge in [-0.15, -0.1) is 0 Å². The Kier molecular flexibility index (Phi) is 3.91. The third-order valence-corrected chi connectivity index (χ3v) is 3.63. The number of rotatable bonds is 3. The number of nitrogens with zero attached hydrogens (tertiary/aromatic N) is 1. The van der Waals surface area contributed by atoms with Gasteiger partial charge in [0.05, 0.1) is 5.52 Å². The summed E-state index contributed by atoms with van der Waals surface area (Å²) in [7, 11) is 0. The molecule has 1 aromatic carbocycles. The van der Waals surface area contributed by atoms with Crippen LogP contribution in [-0.4, -0.2) is 4.98 Å². The van der Waals surface area contributed by atoms with Crippen LogP contribution in [0.15, 0.2) is 24.3 Å². The first kappa shape index (κ1) is 14.0. The molecule has 2 nitrogen and oxygen atoms in total. The van der Waals surface area contributed by atoms with Gasteiger partial charge in [0.15, 0.2) is 0 Å². The van der Waals surface area contributed by atoms with Gasteiger partial charge in [-0.3, -0.25) is 4.98 Å². The first-order valence-electron chi connectivity index (χ1n) is 7.10. The molecule has 1 unspecified atom stereocenters. The van der Waals surface area contributed by atoms with E-state index in [2.05, 4.69) is 52.0 Å². The van der Waals surface area contributed by atoms with Crippen molar-refractivity contribution in [3.05, 3.63) is 41.1 Å². The molecule has 2 heteroatoms. The van der Waals surface area contributed by atoms with Crippen LogP contribution in [0.1, 0.15) is 69.3 Å². The van der Waals surface area contributed by atoms with E-state index in [1.165, 1.54) is 16.5 Å². The summed E-state index contributed by atoms with van der Waals surface area (Å²) < 4.78 is 0. The average Bonchev–Trinajstić information content (AvgIpc) is 2.36. The van der Waals surface area contributed by atoms with E-state index < -0.39 is 0 Å². The van der Waals surface area contributed by atoms with Crippen LogP contribution < -0.4 is 5.73 Å². The molecule has 2 aromatic rings.